The van der Waals surface area contributed by atoms with Gasteiger partial charge in [0.05, 0.1) is 16.7 Å². The smallest absolute Gasteiger partial charge is 0.258 e. The van der Waals surface area contributed by atoms with Gasteiger partial charge in [0.15, 0.2) is 0 Å². The molecule has 0 spiro atoms. The van der Waals surface area contributed by atoms with Crippen molar-refractivity contribution in [3.8, 4) is 34.7 Å². The highest BCUT2D eigenvalue weighted by Crippen LogP contribution is 2.30. The van der Waals surface area contributed by atoms with Crippen molar-refractivity contribution in [1.29, 1.82) is 5.26 Å². The SMILES string of the molecule is CC(C)Oc1ccc(-c2nc(-c3ccc(C=O)cc3Cl)no2)cc1C#N. The Bertz CT molecular complexity index is 1010. The van der Waals surface area contributed by atoms with Crippen LogP contribution in [0, 0.1) is 11.3 Å². The molecule has 26 heavy (non-hydrogen) atoms. The molecule has 0 saturated carbocycles. The molecule has 0 bridgehead atoms. The number of benzene rings is 2. The highest BCUT2D eigenvalue weighted by atomic mass is 35.5. The highest BCUT2D eigenvalue weighted by Gasteiger charge is 2.15. The van der Waals surface area contributed by atoms with Crippen LogP contribution in [-0.4, -0.2) is 22.5 Å². The molecule has 0 aliphatic carbocycles. The Morgan fingerprint density at radius 2 is 2.08 bits per heavy atom. The van der Waals surface area contributed by atoms with Gasteiger partial charge in [-0.1, -0.05) is 22.8 Å². The minimum absolute atomic E-state index is 0.0422. The van der Waals surface area contributed by atoms with E-state index in [1.165, 1.54) is 6.07 Å². The van der Waals surface area contributed by atoms with E-state index in [9.17, 15) is 10.1 Å². The maximum absolute atomic E-state index is 10.8. The van der Waals surface area contributed by atoms with E-state index in [1.54, 1.807) is 30.3 Å². The first kappa shape index (κ1) is 17.6. The molecule has 6 nitrogen and oxygen atoms in total. The molecule has 1 heterocycles. The van der Waals surface area contributed by atoms with Crippen molar-refractivity contribution in [2.75, 3.05) is 0 Å². The highest BCUT2D eigenvalue weighted by molar-refractivity contribution is 6.33. The Hall–Kier alpha value is -3.17. The average molecular weight is 368 g/mol. The maximum Gasteiger partial charge on any atom is 0.258 e. The minimum Gasteiger partial charge on any atom is -0.490 e. The molecule has 1 aromatic heterocycles. The van der Waals surface area contributed by atoms with Crippen LogP contribution < -0.4 is 4.74 Å². The van der Waals surface area contributed by atoms with Gasteiger partial charge in [0.25, 0.3) is 5.89 Å². The predicted molar refractivity (Wildman–Crippen MR) is 96.0 cm³/mol. The van der Waals surface area contributed by atoms with Gasteiger partial charge in [-0.3, -0.25) is 4.79 Å². The molecule has 3 rings (SSSR count). The fourth-order valence-electron chi connectivity index (χ4n) is 2.34. The number of hydrogen-bond donors (Lipinski definition) is 0. The zero-order valence-electron chi connectivity index (χ0n) is 14.1. The number of ether oxygens (including phenoxy) is 1. The Labute approximate surface area is 155 Å². The number of aldehydes is 1. The van der Waals surface area contributed by atoms with Gasteiger partial charge in [-0.2, -0.15) is 10.2 Å². The molecule has 7 heteroatoms. The third kappa shape index (κ3) is 3.58. The number of nitriles is 1. The lowest BCUT2D eigenvalue weighted by Gasteiger charge is -2.11. The van der Waals surface area contributed by atoms with Crippen LogP contribution in [-0.2, 0) is 0 Å². The van der Waals surface area contributed by atoms with Gasteiger partial charge in [-0.05, 0) is 44.2 Å². The summed E-state index contributed by atoms with van der Waals surface area (Å²) in [5.41, 5.74) is 1.98. The quantitative estimate of drug-likeness (QED) is 0.615. The van der Waals surface area contributed by atoms with E-state index in [-0.39, 0.29) is 12.0 Å². The average Bonchev–Trinajstić information content (AvgIpc) is 3.11. The Morgan fingerprint density at radius 3 is 2.73 bits per heavy atom. The number of nitrogens with zero attached hydrogens (tertiary/aromatic N) is 3. The van der Waals surface area contributed by atoms with Crippen LogP contribution in [0.2, 0.25) is 5.02 Å². The summed E-state index contributed by atoms with van der Waals surface area (Å²) in [6.07, 6.45) is 0.668. The predicted octanol–water partition coefficient (Wildman–Crippen LogP) is 4.53. The second-order valence-corrected chi connectivity index (χ2v) is 6.18. The fraction of sp³-hybridized carbons (Fsp3) is 0.158. The second kappa shape index (κ2) is 7.38. The molecule has 0 aliphatic rings. The molecule has 0 fully saturated rings. The van der Waals surface area contributed by atoms with Crippen molar-refractivity contribution in [2.24, 2.45) is 0 Å². The number of aromatic nitrogens is 2. The van der Waals surface area contributed by atoms with E-state index in [0.29, 0.717) is 45.1 Å². The molecule has 0 unspecified atom stereocenters. The number of halogens is 1. The van der Waals surface area contributed by atoms with Gasteiger partial charge in [-0.25, -0.2) is 0 Å². The molecule has 0 amide bonds. The largest absolute Gasteiger partial charge is 0.490 e. The summed E-state index contributed by atoms with van der Waals surface area (Å²) in [4.78, 5) is 15.1. The molecule has 0 N–H and O–H groups in total. The lowest BCUT2D eigenvalue weighted by atomic mass is 10.1. The van der Waals surface area contributed by atoms with Gasteiger partial charge in [0.2, 0.25) is 5.82 Å². The lowest BCUT2D eigenvalue weighted by molar-refractivity contribution is 0.112. The monoisotopic (exact) mass is 367 g/mol. The van der Waals surface area contributed by atoms with Crippen LogP contribution in [0.3, 0.4) is 0 Å². The van der Waals surface area contributed by atoms with E-state index in [0.717, 1.165) is 0 Å². The van der Waals surface area contributed by atoms with Gasteiger partial charge in [0.1, 0.15) is 18.1 Å². The molecule has 0 radical (unpaired) electrons. The molecule has 0 saturated heterocycles. The summed E-state index contributed by atoms with van der Waals surface area (Å²) >= 11 is 6.17. The molecule has 3 aromatic rings. The van der Waals surface area contributed by atoms with Crippen LogP contribution in [0.15, 0.2) is 40.9 Å². The van der Waals surface area contributed by atoms with E-state index in [4.69, 9.17) is 20.9 Å². The lowest BCUT2D eigenvalue weighted by Crippen LogP contribution is -2.06. The molecule has 0 aliphatic heterocycles. The van der Waals surface area contributed by atoms with E-state index in [1.807, 2.05) is 13.8 Å². The first-order valence-corrected chi connectivity index (χ1v) is 8.19. The second-order valence-electron chi connectivity index (χ2n) is 5.77. The summed E-state index contributed by atoms with van der Waals surface area (Å²) in [6.45, 7) is 3.78. The number of carbonyl (C=O) groups is 1. The Morgan fingerprint density at radius 1 is 1.27 bits per heavy atom. The minimum atomic E-state index is -0.0422. The molecule has 2 aromatic carbocycles. The fourth-order valence-corrected chi connectivity index (χ4v) is 2.62. The Kier molecular flexibility index (Phi) is 5.01. The molecule has 130 valence electrons. The summed E-state index contributed by atoms with van der Waals surface area (Å²) in [7, 11) is 0. The molecular weight excluding hydrogens is 354 g/mol. The van der Waals surface area contributed by atoms with Gasteiger partial charge < -0.3 is 9.26 Å². The van der Waals surface area contributed by atoms with Crippen molar-refractivity contribution in [3.05, 3.63) is 52.5 Å². The van der Waals surface area contributed by atoms with Crippen molar-refractivity contribution in [2.45, 2.75) is 20.0 Å². The third-order valence-corrected chi connectivity index (χ3v) is 3.82. The summed E-state index contributed by atoms with van der Waals surface area (Å²) < 4.78 is 10.9. The van der Waals surface area contributed by atoms with Gasteiger partial charge >= 0.3 is 0 Å². The number of hydrogen-bond acceptors (Lipinski definition) is 6. The van der Waals surface area contributed by atoms with Gasteiger partial charge in [-0.15, -0.1) is 0 Å². The van der Waals surface area contributed by atoms with Crippen molar-refractivity contribution >= 4 is 17.9 Å². The summed E-state index contributed by atoms with van der Waals surface area (Å²) in [6, 6.07) is 12.0. The first-order chi connectivity index (χ1) is 12.5. The summed E-state index contributed by atoms with van der Waals surface area (Å²) in [5, 5.41) is 13.6. The molecule has 0 atom stereocenters. The van der Waals surface area contributed by atoms with Crippen LogP contribution in [0.25, 0.3) is 22.8 Å². The van der Waals surface area contributed by atoms with Crippen LogP contribution in [0.1, 0.15) is 29.8 Å². The van der Waals surface area contributed by atoms with Crippen LogP contribution in [0.4, 0.5) is 0 Å². The van der Waals surface area contributed by atoms with Crippen molar-refractivity contribution < 1.29 is 14.1 Å². The van der Waals surface area contributed by atoms with E-state index >= 15 is 0 Å². The zero-order valence-corrected chi connectivity index (χ0v) is 14.8. The Balaban J connectivity index is 1.95. The maximum atomic E-state index is 10.8. The molecular formula is C19H14ClN3O3. The standard InChI is InChI=1S/C19H14ClN3O3/c1-11(2)25-17-6-4-13(8-14(17)9-21)19-22-18(23-26-19)15-5-3-12(10-24)7-16(15)20/h3-8,10-11H,1-2H3. The first-order valence-electron chi connectivity index (χ1n) is 7.82. The number of carbonyl (C=O) groups excluding carboxylic acids is 1. The van der Waals surface area contributed by atoms with Crippen LogP contribution >= 0.6 is 11.6 Å². The third-order valence-electron chi connectivity index (χ3n) is 3.51. The van der Waals surface area contributed by atoms with Crippen molar-refractivity contribution in [1.82, 2.24) is 10.1 Å². The normalized spacial score (nSPS) is 10.6. The zero-order chi connectivity index (χ0) is 18.7. The van der Waals surface area contributed by atoms with Crippen molar-refractivity contribution in [3.63, 3.8) is 0 Å². The summed E-state index contributed by atoms with van der Waals surface area (Å²) in [5.74, 6) is 1.05. The van der Waals surface area contributed by atoms with E-state index in [2.05, 4.69) is 16.2 Å². The van der Waals surface area contributed by atoms with Crippen LogP contribution in [0.5, 0.6) is 5.75 Å². The topological polar surface area (TPSA) is 89.0 Å². The van der Waals surface area contributed by atoms with E-state index < -0.39 is 0 Å². The number of rotatable bonds is 5. The van der Waals surface area contributed by atoms with Gasteiger partial charge in [0, 0.05) is 16.7 Å².